The van der Waals surface area contributed by atoms with Gasteiger partial charge in [-0.1, -0.05) is 12.1 Å². The van der Waals surface area contributed by atoms with Crippen LogP contribution in [0.2, 0.25) is 0 Å². The highest BCUT2D eigenvalue weighted by molar-refractivity contribution is 5.82. The van der Waals surface area contributed by atoms with Crippen LogP contribution in [0, 0.1) is 0 Å². The lowest BCUT2D eigenvalue weighted by Crippen LogP contribution is -2.50. The number of rotatable bonds is 3. The standard InChI is InChI=1S/C19H21N5O2/c1-22-10-8-21-19(22)16-12-20-7-11-24(16)18(26)13-23-9-6-17(25)14-4-2-3-5-15(14)23/h2-6,8-10,16,20H,7,11-13H2,1H3. The van der Waals surface area contributed by atoms with Crippen molar-refractivity contribution in [1.82, 2.24) is 24.3 Å². The Kier molecular flexibility index (Phi) is 4.30. The van der Waals surface area contributed by atoms with Gasteiger partial charge in [0.25, 0.3) is 0 Å². The lowest BCUT2D eigenvalue weighted by molar-refractivity contribution is -0.135. The second-order valence-corrected chi connectivity index (χ2v) is 6.53. The van der Waals surface area contributed by atoms with Gasteiger partial charge < -0.3 is 19.4 Å². The second kappa shape index (κ2) is 6.76. The molecule has 7 nitrogen and oxygen atoms in total. The Morgan fingerprint density at radius 1 is 1.27 bits per heavy atom. The summed E-state index contributed by atoms with van der Waals surface area (Å²) in [5, 5.41) is 3.97. The van der Waals surface area contributed by atoms with Gasteiger partial charge in [-0.25, -0.2) is 4.98 Å². The quantitative estimate of drug-likeness (QED) is 0.761. The summed E-state index contributed by atoms with van der Waals surface area (Å²) in [6.07, 6.45) is 5.34. The van der Waals surface area contributed by atoms with Crippen molar-refractivity contribution in [3.63, 3.8) is 0 Å². The van der Waals surface area contributed by atoms with Crippen LogP contribution >= 0.6 is 0 Å². The van der Waals surface area contributed by atoms with Gasteiger partial charge in [-0.2, -0.15) is 0 Å². The molecule has 0 aliphatic carbocycles. The van der Waals surface area contributed by atoms with Crippen LogP contribution in [0.25, 0.3) is 10.9 Å². The van der Waals surface area contributed by atoms with E-state index < -0.39 is 0 Å². The van der Waals surface area contributed by atoms with Crippen LogP contribution in [0.4, 0.5) is 0 Å². The maximum absolute atomic E-state index is 13.1. The smallest absolute Gasteiger partial charge is 0.243 e. The number of para-hydroxylation sites is 1. The number of carbonyl (C=O) groups excluding carboxylic acids is 1. The number of carbonyl (C=O) groups is 1. The van der Waals surface area contributed by atoms with Crippen LogP contribution in [0.3, 0.4) is 0 Å². The third kappa shape index (κ3) is 2.90. The molecule has 0 spiro atoms. The Hall–Kier alpha value is -2.93. The summed E-state index contributed by atoms with van der Waals surface area (Å²) in [7, 11) is 1.94. The van der Waals surface area contributed by atoms with Crippen molar-refractivity contribution >= 4 is 16.8 Å². The van der Waals surface area contributed by atoms with Crippen molar-refractivity contribution in [2.24, 2.45) is 7.05 Å². The summed E-state index contributed by atoms with van der Waals surface area (Å²) in [6.45, 7) is 2.27. The Morgan fingerprint density at radius 2 is 2.12 bits per heavy atom. The molecular weight excluding hydrogens is 330 g/mol. The number of hydrogen-bond acceptors (Lipinski definition) is 4. The molecule has 1 saturated heterocycles. The van der Waals surface area contributed by atoms with Crippen LogP contribution in [-0.4, -0.2) is 44.6 Å². The van der Waals surface area contributed by atoms with Gasteiger partial charge in [-0.15, -0.1) is 0 Å². The van der Waals surface area contributed by atoms with E-state index in [1.165, 1.54) is 6.07 Å². The fraction of sp³-hybridized carbons (Fsp3) is 0.316. The highest BCUT2D eigenvalue weighted by Crippen LogP contribution is 2.21. The largest absolute Gasteiger partial charge is 0.338 e. The maximum atomic E-state index is 13.1. The Bertz CT molecular complexity index is 1010. The van der Waals surface area contributed by atoms with Crippen LogP contribution in [-0.2, 0) is 18.4 Å². The van der Waals surface area contributed by atoms with Crippen molar-refractivity contribution < 1.29 is 4.79 Å². The van der Waals surface area contributed by atoms with Gasteiger partial charge in [0, 0.05) is 56.7 Å². The van der Waals surface area contributed by atoms with Crippen molar-refractivity contribution in [3.8, 4) is 0 Å². The van der Waals surface area contributed by atoms with Crippen LogP contribution in [0.15, 0.2) is 53.7 Å². The second-order valence-electron chi connectivity index (χ2n) is 6.53. The monoisotopic (exact) mass is 351 g/mol. The van der Waals surface area contributed by atoms with E-state index in [1.54, 1.807) is 18.5 Å². The Labute approximate surface area is 150 Å². The van der Waals surface area contributed by atoms with E-state index in [4.69, 9.17) is 0 Å². The average Bonchev–Trinajstić information content (AvgIpc) is 3.10. The van der Waals surface area contributed by atoms with Gasteiger partial charge >= 0.3 is 0 Å². The molecule has 1 aliphatic rings. The van der Waals surface area contributed by atoms with Crippen molar-refractivity contribution in [3.05, 3.63) is 65.0 Å². The lowest BCUT2D eigenvalue weighted by Gasteiger charge is -2.36. The molecule has 1 amide bonds. The predicted molar refractivity (Wildman–Crippen MR) is 98.7 cm³/mol. The van der Waals surface area contributed by atoms with E-state index in [1.807, 2.05) is 45.5 Å². The van der Waals surface area contributed by atoms with E-state index in [-0.39, 0.29) is 23.9 Å². The first-order valence-electron chi connectivity index (χ1n) is 8.71. The molecule has 1 fully saturated rings. The predicted octanol–water partition coefficient (Wildman–Crippen LogP) is 0.908. The number of nitrogens with one attached hydrogen (secondary N) is 1. The number of pyridine rings is 1. The number of amides is 1. The summed E-state index contributed by atoms with van der Waals surface area (Å²) < 4.78 is 3.79. The number of hydrogen-bond donors (Lipinski definition) is 1. The van der Waals surface area contributed by atoms with E-state index >= 15 is 0 Å². The number of aromatic nitrogens is 3. The van der Waals surface area contributed by atoms with Gasteiger partial charge in [-0.3, -0.25) is 9.59 Å². The van der Waals surface area contributed by atoms with E-state index in [0.29, 0.717) is 18.5 Å². The maximum Gasteiger partial charge on any atom is 0.243 e. The molecule has 1 unspecified atom stereocenters. The molecule has 2 aromatic heterocycles. The molecule has 0 bridgehead atoms. The van der Waals surface area contributed by atoms with Crippen molar-refractivity contribution in [1.29, 1.82) is 0 Å². The fourth-order valence-corrected chi connectivity index (χ4v) is 3.57. The minimum absolute atomic E-state index is 0.0216. The SMILES string of the molecule is Cn1ccnc1C1CNCCN1C(=O)Cn1ccc(=O)c2ccccc21. The summed E-state index contributed by atoms with van der Waals surface area (Å²) in [5.74, 6) is 0.892. The minimum Gasteiger partial charge on any atom is -0.338 e. The molecule has 1 atom stereocenters. The summed E-state index contributed by atoms with van der Waals surface area (Å²) in [6, 6.07) is 8.80. The first-order valence-corrected chi connectivity index (χ1v) is 8.71. The molecule has 0 radical (unpaired) electrons. The molecule has 1 N–H and O–H groups in total. The lowest BCUT2D eigenvalue weighted by atomic mass is 10.1. The van der Waals surface area contributed by atoms with Gasteiger partial charge in [-0.05, 0) is 12.1 Å². The number of benzene rings is 1. The zero-order chi connectivity index (χ0) is 18.1. The number of piperazine rings is 1. The molecule has 3 heterocycles. The van der Waals surface area contributed by atoms with E-state index in [0.717, 1.165) is 17.9 Å². The fourth-order valence-electron chi connectivity index (χ4n) is 3.57. The minimum atomic E-state index is -0.0955. The molecule has 1 aliphatic heterocycles. The molecule has 26 heavy (non-hydrogen) atoms. The summed E-state index contributed by atoms with van der Waals surface area (Å²) >= 11 is 0. The first kappa shape index (κ1) is 16.5. The zero-order valence-electron chi connectivity index (χ0n) is 14.6. The normalized spacial score (nSPS) is 17.6. The number of fused-ring (bicyclic) bond motifs is 1. The third-order valence-corrected chi connectivity index (χ3v) is 4.91. The van der Waals surface area contributed by atoms with Gasteiger partial charge in [0.15, 0.2) is 5.43 Å². The molecule has 134 valence electrons. The van der Waals surface area contributed by atoms with Crippen molar-refractivity contribution in [2.75, 3.05) is 19.6 Å². The van der Waals surface area contributed by atoms with Gasteiger partial charge in [0.2, 0.25) is 5.91 Å². The molecule has 3 aromatic rings. The summed E-state index contributed by atoms with van der Waals surface area (Å²) in [5.41, 5.74) is 0.745. The third-order valence-electron chi connectivity index (χ3n) is 4.91. The molecule has 0 saturated carbocycles. The van der Waals surface area contributed by atoms with E-state index in [9.17, 15) is 9.59 Å². The highest BCUT2D eigenvalue weighted by Gasteiger charge is 2.30. The van der Waals surface area contributed by atoms with Crippen LogP contribution < -0.4 is 10.7 Å². The topological polar surface area (TPSA) is 72.2 Å². The molecule has 1 aromatic carbocycles. The average molecular weight is 351 g/mol. The molecule has 4 rings (SSSR count). The van der Waals surface area contributed by atoms with Crippen LogP contribution in [0.5, 0.6) is 0 Å². The Morgan fingerprint density at radius 3 is 2.92 bits per heavy atom. The molecule has 7 heteroatoms. The van der Waals surface area contributed by atoms with Crippen LogP contribution in [0.1, 0.15) is 11.9 Å². The van der Waals surface area contributed by atoms with Gasteiger partial charge in [0.05, 0.1) is 5.52 Å². The number of imidazole rings is 1. The number of aryl methyl sites for hydroxylation is 1. The van der Waals surface area contributed by atoms with E-state index in [2.05, 4.69) is 10.3 Å². The zero-order valence-corrected chi connectivity index (χ0v) is 14.6. The Balaban J connectivity index is 1.64. The first-order chi connectivity index (χ1) is 12.6. The number of nitrogens with zero attached hydrogens (tertiary/aromatic N) is 4. The van der Waals surface area contributed by atoms with Gasteiger partial charge in [0.1, 0.15) is 18.4 Å². The molecular formula is C19H21N5O2. The van der Waals surface area contributed by atoms with Crippen molar-refractivity contribution in [2.45, 2.75) is 12.6 Å². The highest BCUT2D eigenvalue weighted by atomic mass is 16.2. The summed E-state index contributed by atoms with van der Waals surface area (Å²) in [4.78, 5) is 31.4.